The molecule has 1 aliphatic heterocycles. The van der Waals surface area contributed by atoms with E-state index in [1.165, 1.54) is 0 Å². The number of likely N-dealkylation sites (tertiary alicyclic amines) is 1. The highest BCUT2D eigenvalue weighted by atomic mass is 16.5. The molecule has 1 aliphatic rings. The highest BCUT2D eigenvalue weighted by molar-refractivity contribution is 5.86. The Kier molecular flexibility index (Phi) is 8.45. The van der Waals surface area contributed by atoms with Crippen molar-refractivity contribution in [3.8, 4) is 0 Å². The van der Waals surface area contributed by atoms with Crippen LogP contribution in [0.15, 0.2) is 30.3 Å². The molecule has 29 heavy (non-hydrogen) atoms. The molecule has 158 valence electrons. The number of piperidine rings is 1. The lowest BCUT2D eigenvalue weighted by Gasteiger charge is -2.30. The number of esters is 2. The lowest BCUT2D eigenvalue weighted by Crippen LogP contribution is -2.47. The van der Waals surface area contributed by atoms with Gasteiger partial charge in [-0.3, -0.25) is 9.59 Å². The van der Waals surface area contributed by atoms with Crippen LogP contribution < -0.4 is 11.1 Å². The molecule has 1 aromatic rings. The Hall–Kier alpha value is -3.10. The van der Waals surface area contributed by atoms with Crippen LogP contribution >= 0.6 is 0 Å². The van der Waals surface area contributed by atoms with Crippen LogP contribution in [0.4, 0.5) is 4.79 Å². The van der Waals surface area contributed by atoms with Crippen molar-refractivity contribution < 1.29 is 28.7 Å². The van der Waals surface area contributed by atoms with E-state index < -0.39 is 24.6 Å². The summed E-state index contributed by atoms with van der Waals surface area (Å²) in [4.78, 5) is 49.2. The molecule has 1 atom stereocenters. The fourth-order valence-corrected chi connectivity index (χ4v) is 3.16. The third-order valence-corrected chi connectivity index (χ3v) is 4.69. The number of nitrogens with two attached hydrogens (primary N) is 1. The van der Waals surface area contributed by atoms with Crippen LogP contribution in [-0.2, 0) is 30.3 Å². The number of nitrogens with one attached hydrogen (secondary N) is 1. The first-order valence-corrected chi connectivity index (χ1v) is 9.61. The fourth-order valence-electron chi connectivity index (χ4n) is 3.16. The summed E-state index contributed by atoms with van der Waals surface area (Å²) in [6.07, 6.45) is 1.22. The molecule has 1 heterocycles. The Morgan fingerprint density at radius 1 is 1.14 bits per heavy atom. The average Bonchev–Trinajstić information content (AvgIpc) is 2.72. The van der Waals surface area contributed by atoms with Gasteiger partial charge >= 0.3 is 18.0 Å². The molecule has 1 saturated heterocycles. The molecule has 3 amide bonds. The first-order valence-electron chi connectivity index (χ1n) is 9.61. The van der Waals surface area contributed by atoms with E-state index in [-0.39, 0.29) is 24.2 Å². The van der Waals surface area contributed by atoms with Gasteiger partial charge in [-0.25, -0.2) is 9.59 Å². The Bertz CT molecular complexity index is 716. The van der Waals surface area contributed by atoms with Crippen LogP contribution in [0.3, 0.4) is 0 Å². The van der Waals surface area contributed by atoms with Gasteiger partial charge in [-0.2, -0.15) is 0 Å². The first kappa shape index (κ1) is 22.2. The molecule has 0 saturated carbocycles. The maximum atomic E-state index is 12.4. The summed E-state index contributed by atoms with van der Waals surface area (Å²) in [5.41, 5.74) is 5.96. The van der Waals surface area contributed by atoms with Crippen LogP contribution in [0.25, 0.3) is 0 Å². The maximum absolute atomic E-state index is 12.4. The number of amides is 3. The molecule has 0 aliphatic carbocycles. The maximum Gasteiger partial charge on any atom is 0.329 e. The second-order valence-corrected chi connectivity index (χ2v) is 6.77. The van der Waals surface area contributed by atoms with Gasteiger partial charge in [0.25, 0.3) is 5.91 Å². The summed E-state index contributed by atoms with van der Waals surface area (Å²) >= 11 is 0. The molecule has 1 aromatic carbocycles. The van der Waals surface area contributed by atoms with Gasteiger partial charge in [-0.05, 0) is 25.3 Å². The van der Waals surface area contributed by atoms with E-state index in [1.54, 1.807) is 11.8 Å². The molecule has 0 aromatic heterocycles. The van der Waals surface area contributed by atoms with Crippen molar-refractivity contribution in [2.75, 3.05) is 26.3 Å². The van der Waals surface area contributed by atoms with E-state index >= 15 is 0 Å². The number of nitrogens with zero attached hydrogens (tertiary/aromatic N) is 1. The number of carbonyl (C=O) groups is 4. The minimum absolute atomic E-state index is 0.196. The highest BCUT2D eigenvalue weighted by Crippen LogP contribution is 2.18. The molecule has 0 bridgehead atoms. The minimum Gasteiger partial charge on any atom is -0.466 e. The van der Waals surface area contributed by atoms with Crippen molar-refractivity contribution in [3.63, 3.8) is 0 Å². The zero-order chi connectivity index (χ0) is 21.2. The summed E-state index contributed by atoms with van der Waals surface area (Å²) in [7, 11) is 0. The average molecular weight is 405 g/mol. The summed E-state index contributed by atoms with van der Waals surface area (Å²) in [6.45, 7) is 2.44. The monoisotopic (exact) mass is 405 g/mol. The van der Waals surface area contributed by atoms with Crippen LogP contribution in [0, 0.1) is 5.92 Å². The second-order valence-electron chi connectivity index (χ2n) is 6.77. The van der Waals surface area contributed by atoms with Gasteiger partial charge in [0.1, 0.15) is 6.04 Å². The zero-order valence-corrected chi connectivity index (χ0v) is 16.5. The number of urea groups is 1. The van der Waals surface area contributed by atoms with Gasteiger partial charge in [0, 0.05) is 19.5 Å². The third kappa shape index (κ3) is 7.10. The SMILES string of the molecule is CCOC(=O)C1CCN(C(=O)COC(=O)[C@H](Cc2ccccc2)NC(N)=O)CC1. The summed E-state index contributed by atoms with van der Waals surface area (Å²) in [6, 6.07) is 7.23. The van der Waals surface area contributed by atoms with Crippen molar-refractivity contribution in [3.05, 3.63) is 35.9 Å². The van der Waals surface area contributed by atoms with E-state index in [0.29, 0.717) is 32.5 Å². The third-order valence-electron chi connectivity index (χ3n) is 4.69. The number of carbonyl (C=O) groups excluding carboxylic acids is 4. The number of hydrogen-bond donors (Lipinski definition) is 2. The largest absolute Gasteiger partial charge is 0.466 e. The van der Waals surface area contributed by atoms with E-state index in [1.807, 2.05) is 30.3 Å². The van der Waals surface area contributed by atoms with E-state index in [2.05, 4.69) is 5.32 Å². The Balaban J connectivity index is 1.83. The molecular weight excluding hydrogens is 378 g/mol. The van der Waals surface area contributed by atoms with E-state index in [9.17, 15) is 19.2 Å². The number of ether oxygens (including phenoxy) is 2. The summed E-state index contributed by atoms with van der Waals surface area (Å²) in [5, 5.41) is 2.35. The number of benzene rings is 1. The molecule has 1 fully saturated rings. The Labute approximate surface area is 169 Å². The van der Waals surface area contributed by atoms with Gasteiger partial charge in [0.2, 0.25) is 0 Å². The van der Waals surface area contributed by atoms with Crippen LogP contribution in [0.1, 0.15) is 25.3 Å². The normalized spacial score (nSPS) is 15.3. The molecular formula is C20H27N3O6. The van der Waals surface area contributed by atoms with Gasteiger partial charge in [0.05, 0.1) is 12.5 Å². The Morgan fingerprint density at radius 2 is 1.79 bits per heavy atom. The predicted octanol–water partition coefficient (Wildman–Crippen LogP) is 0.611. The standard InChI is InChI=1S/C20H27N3O6/c1-2-28-18(25)15-8-10-23(11-9-15)17(24)13-29-19(26)16(22-20(21)27)12-14-6-4-3-5-7-14/h3-7,15-16H,2,8-13H2,1H3,(H3,21,22,27)/t16-/m0/s1. The van der Waals surface area contributed by atoms with Crippen molar-refractivity contribution in [2.45, 2.75) is 32.2 Å². The molecule has 9 nitrogen and oxygen atoms in total. The molecule has 0 unspecified atom stereocenters. The smallest absolute Gasteiger partial charge is 0.329 e. The van der Waals surface area contributed by atoms with Crippen molar-refractivity contribution in [1.82, 2.24) is 10.2 Å². The molecule has 9 heteroatoms. The fraction of sp³-hybridized carbons (Fsp3) is 0.500. The summed E-state index contributed by atoms with van der Waals surface area (Å²) in [5.74, 6) is -1.54. The minimum atomic E-state index is -0.989. The van der Waals surface area contributed by atoms with Gasteiger partial charge in [0.15, 0.2) is 6.61 Å². The van der Waals surface area contributed by atoms with E-state index in [0.717, 1.165) is 5.56 Å². The quantitative estimate of drug-likeness (QED) is 0.610. The van der Waals surface area contributed by atoms with Crippen molar-refractivity contribution >= 4 is 23.9 Å². The molecule has 0 spiro atoms. The van der Waals surface area contributed by atoms with Crippen LogP contribution in [0.2, 0.25) is 0 Å². The lowest BCUT2D eigenvalue weighted by atomic mass is 9.97. The lowest BCUT2D eigenvalue weighted by molar-refractivity contribution is -0.155. The molecule has 3 N–H and O–H groups in total. The van der Waals surface area contributed by atoms with Gasteiger partial charge in [-0.15, -0.1) is 0 Å². The van der Waals surface area contributed by atoms with Gasteiger partial charge < -0.3 is 25.4 Å². The predicted molar refractivity (Wildman–Crippen MR) is 104 cm³/mol. The topological polar surface area (TPSA) is 128 Å². The number of hydrogen-bond acceptors (Lipinski definition) is 6. The molecule has 2 rings (SSSR count). The van der Waals surface area contributed by atoms with Crippen LogP contribution in [0.5, 0.6) is 0 Å². The summed E-state index contributed by atoms with van der Waals surface area (Å²) < 4.78 is 10.1. The molecule has 0 radical (unpaired) electrons. The zero-order valence-electron chi connectivity index (χ0n) is 16.5. The number of rotatable bonds is 8. The van der Waals surface area contributed by atoms with Crippen molar-refractivity contribution in [1.29, 1.82) is 0 Å². The Morgan fingerprint density at radius 3 is 2.38 bits per heavy atom. The second kappa shape index (κ2) is 11.0. The van der Waals surface area contributed by atoms with Gasteiger partial charge in [-0.1, -0.05) is 30.3 Å². The number of primary amides is 1. The van der Waals surface area contributed by atoms with Crippen molar-refractivity contribution in [2.24, 2.45) is 11.7 Å². The van der Waals surface area contributed by atoms with E-state index in [4.69, 9.17) is 15.2 Å². The van der Waals surface area contributed by atoms with Crippen LogP contribution in [-0.4, -0.2) is 61.1 Å². The highest BCUT2D eigenvalue weighted by Gasteiger charge is 2.29. The first-order chi connectivity index (χ1) is 13.9.